The van der Waals surface area contributed by atoms with Crippen molar-refractivity contribution in [2.45, 2.75) is 6.18 Å². The van der Waals surface area contributed by atoms with E-state index in [1.165, 1.54) is 48.7 Å². The molecule has 0 aliphatic carbocycles. The maximum atomic E-state index is 13.0. The van der Waals surface area contributed by atoms with Crippen LogP contribution in [0.5, 0.6) is 5.75 Å². The fourth-order valence-corrected chi connectivity index (χ4v) is 3.55. The van der Waals surface area contributed by atoms with Gasteiger partial charge < -0.3 is 10.1 Å². The van der Waals surface area contributed by atoms with E-state index in [0.29, 0.717) is 16.1 Å². The highest BCUT2D eigenvalue weighted by Crippen LogP contribution is 2.29. The van der Waals surface area contributed by atoms with Gasteiger partial charge in [0.1, 0.15) is 5.75 Å². The summed E-state index contributed by atoms with van der Waals surface area (Å²) in [7, 11) is 0. The van der Waals surface area contributed by atoms with Crippen molar-refractivity contribution in [3.05, 3.63) is 130 Å². The van der Waals surface area contributed by atoms with E-state index in [0.717, 1.165) is 18.2 Å². The Kier molecular flexibility index (Phi) is 8.60. The first kappa shape index (κ1) is 28.1. The highest BCUT2D eigenvalue weighted by molar-refractivity contribution is 6.30. The minimum atomic E-state index is -4.59. The van der Waals surface area contributed by atoms with E-state index in [4.69, 9.17) is 16.3 Å². The Morgan fingerprint density at radius 1 is 0.775 bits per heavy atom. The third kappa shape index (κ3) is 7.33. The topological polar surface area (TPSA) is 96.9 Å². The van der Waals surface area contributed by atoms with Gasteiger partial charge in [0, 0.05) is 27.4 Å². The Balaban J connectivity index is 1.40. The predicted octanol–water partition coefficient (Wildman–Crippen LogP) is 6.59. The first-order valence-corrected chi connectivity index (χ1v) is 12.0. The first-order valence-electron chi connectivity index (χ1n) is 11.6. The van der Waals surface area contributed by atoms with Gasteiger partial charge in [0.25, 0.3) is 11.8 Å². The van der Waals surface area contributed by atoms with E-state index in [2.05, 4.69) is 15.8 Å². The van der Waals surface area contributed by atoms with Crippen molar-refractivity contribution in [1.29, 1.82) is 0 Å². The molecule has 0 spiro atoms. The molecule has 0 radical (unpaired) electrons. The van der Waals surface area contributed by atoms with Crippen molar-refractivity contribution in [2.75, 3.05) is 5.32 Å². The minimum Gasteiger partial charge on any atom is -0.422 e. The van der Waals surface area contributed by atoms with Crippen molar-refractivity contribution in [3.63, 3.8) is 0 Å². The summed E-state index contributed by atoms with van der Waals surface area (Å²) in [4.78, 5) is 37.5. The number of hydrogen-bond acceptors (Lipinski definition) is 5. The third-order valence-corrected chi connectivity index (χ3v) is 5.66. The zero-order valence-corrected chi connectivity index (χ0v) is 21.2. The number of amides is 2. The molecule has 0 aliphatic heterocycles. The summed E-state index contributed by atoms with van der Waals surface area (Å²) in [6.45, 7) is 0. The molecule has 4 aromatic rings. The largest absolute Gasteiger partial charge is 0.422 e. The predicted molar refractivity (Wildman–Crippen MR) is 144 cm³/mol. The van der Waals surface area contributed by atoms with Crippen molar-refractivity contribution >= 4 is 41.3 Å². The lowest BCUT2D eigenvalue weighted by molar-refractivity contribution is -0.137. The van der Waals surface area contributed by atoms with Crippen LogP contribution in [0.1, 0.15) is 42.2 Å². The van der Waals surface area contributed by atoms with E-state index in [9.17, 15) is 27.6 Å². The SMILES string of the molecule is O=C(NN=Cc1ccccc1OC(=O)c1ccc(Cl)cc1)c1cccc(NC(=O)c2cccc(C(F)(F)F)c2)c1. The zero-order chi connectivity index (χ0) is 28.7. The maximum Gasteiger partial charge on any atom is 0.416 e. The Morgan fingerprint density at radius 3 is 2.17 bits per heavy atom. The Hall–Kier alpha value is -4.96. The number of hydrazone groups is 1. The highest BCUT2D eigenvalue weighted by Gasteiger charge is 2.30. The van der Waals surface area contributed by atoms with Gasteiger partial charge in [0.15, 0.2) is 0 Å². The maximum absolute atomic E-state index is 13.0. The van der Waals surface area contributed by atoms with Crippen LogP contribution in [-0.2, 0) is 6.18 Å². The number of carbonyl (C=O) groups is 3. The molecule has 202 valence electrons. The Bertz CT molecular complexity index is 1590. The van der Waals surface area contributed by atoms with Crippen molar-refractivity contribution in [1.82, 2.24) is 5.43 Å². The summed E-state index contributed by atoms with van der Waals surface area (Å²) < 4.78 is 44.3. The third-order valence-electron chi connectivity index (χ3n) is 5.41. The quantitative estimate of drug-likeness (QED) is 0.114. The molecule has 0 atom stereocenters. The molecule has 0 aliphatic rings. The van der Waals surface area contributed by atoms with E-state index < -0.39 is 29.5 Å². The van der Waals surface area contributed by atoms with Gasteiger partial charge in [-0.15, -0.1) is 0 Å². The van der Waals surface area contributed by atoms with Gasteiger partial charge in [0.2, 0.25) is 0 Å². The van der Waals surface area contributed by atoms with Gasteiger partial charge in [-0.05, 0) is 72.8 Å². The van der Waals surface area contributed by atoms with Crippen LogP contribution < -0.4 is 15.5 Å². The van der Waals surface area contributed by atoms with Crippen molar-refractivity contribution in [3.8, 4) is 5.75 Å². The molecular formula is C29H19ClF3N3O4. The average Bonchev–Trinajstić information content (AvgIpc) is 2.94. The molecule has 4 aromatic carbocycles. The van der Waals surface area contributed by atoms with E-state index in [1.807, 2.05) is 0 Å². The molecule has 0 fully saturated rings. The molecule has 2 amide bonds. The first-order chi connectivity index (χ1) is 19.1. The van der Waals surface area contributed by atoms with Crippen molar-refractivity contribution < 1.29 is 32.3 Å². The van der Waals surface area contributed by atoms with Gasteiger partial charge >= 0.3 is 12.1 Å². The number of anilines is 1. The number of carbonyl (C=O) groups excluding carboxylic acids is 3. The van der Waals surface area contributed by atoms with Crippen LogP contribution in [-0.4, -0.2) is 24.0 Å². The van der Waals surface area contributed by atoms with Gasteiger partial charge in [-0.3, -0.25) is 9.59 Å². The number of nitrogens with zero attached hydrogens (tertiary/aromatic N) is 1. The highest BCUT2D eigenvalue weighted by atomic mass is 35.5. The number of rotatable bonds is 7. The lowest BCUT2D eigenvalue weighted by Crippen LogP contribution is -2.18. The van der Waals surface area contributed by atoms with Crippen LogP contribution in [0.2, 0.25) is 5.02 Å². The molecule has 0 saturated carbocycles. The lowest BCUT2D eigenvalue weighted by Gasteiger charge is -2.10. The molecular weight excluding hydrogens is 547 g/mol. The monoisotopic (exact) mass is 565 g/mol. The fraction of sp³-hybridized carbons (Fsp3) is 0.0345. The molecule has 0 saturated heterocycles. The summed E-state index contributed by atoms with van der Waals surface area (Å²) in [5.74, 6) is -1.79. The number of hydrogen-bond donors (Lipinski definition) is 2. The summed E-state index contributed by atoms with van der Waals surface area (Å²) in [5.41, 5.74) is 2.22. The smallest absolute Gasteiger partial charge is 0.416 e. The van der Waals surface area contributed by atoms with Crippen LogP contribution in [0.25, 0.3) is 0 Å². The number of esters is 1. The van der Waals surface area contributed by atoms with E-state index in [1.54, 1.807) is 36.4 Å². The average molecular weight is 566 g/mol. The second-order valence-corrected chi connectivity index (χ2v) is 8.68. The van der Waals surface area contributed by atoms with Crippen molar-refractivity contribution in [2.24, 2.45) is 5.10 Å². The Morgan fingerprint density at radius 2 is 1.45 bits per heavy atom. The molecule has 0 aromatic heterocycles. The van der Waals surface area contributed by atoms with Crippen LogP contribution in [0.15, 0.2) is 102 Å². The van der Waals surface area contributed by atoms with Gasteiger partial charge in [-0.2, -0.15) is 18.3 Å². The number of benzene rings is 4. The molecule has 7 nitrogen and oxygen atoms in total. The zero-order valence-electron chi connectivity index (χ0n) is 20.4. The molecule has 2 N–H and O–H groups in total. The Labute approximate surface area is 231 Å². The number of nitrogens with one attached hydrogen (secondary N) is 2. The molecule has 11 heteroatoms. The standard InChI is InChI=1S/C29H19ClF3N3O4/c30-23-13-11-18(12-14-23)28(39)40-25-10-2-1-5-21(25)17-34-36-27(38)20-7-4-9-24(16-20)35-26(37)19-6-3-8-22(15-19)29(31,32)33/h1-17H,(H,35,37)(H,36,38). The number of para-hydroxylation sites is 1. The second kappa shape index (κ2) is 12.3. The summed E-state index contributed by atoms with van der Waals surface area (Å²) >= 11 is 5.85. The van der Waals surface area contributed by atoms with Gasteiger partial charge in [0.05, 0.1) is 17.3 Å². The molecule has 4 rings (SSSR count). The summed E-state index contributed by atoms with van der Waals surface area (Å²) in [6.07, 6.45) is -3.30. The summed E-state index contributed by atoms with van der Waals surface area (Å²) in [6, 6.07) is 22.5. The van der Waals surface area contributed by atoms with Crippen LogP contribution in [0, 0.1) is 0 Å². The molecule has 0 unspecified atom stereocenters. The van der Waals surface area contributed by atoms with Gasteiger partial charge in [-0.1, -0.05) is 35.9 Å². The molecule has 0 heterocycles. The summed E-state index contributed by atoms with van der Waals surface area (Å²) in [5, 5.41) is 6.87. The molecule has 0 bridgehead atoms. The van der Waals surface area contributed by atoms with E-state index in [-0.39, 0.29) is 22.6 Å². The van der Waals surface area contributed by atoms with Gasteiger partial charge in [-0.25, -0.2) is 10.2 Å². The number of halogens is 4. The minimum absolute atomic E-state index is 0.126. The second-order valence-electron chi connectivity index (χ2n) is 8.25. The van der Waals surface area contributed by atoms with Crippen LogP contribution in [0.4, 0.5) is 18.9 Å². The lowest BCUT2D eigenvalue weighted by atomic mass is 10.1. The molecule has 40 heavy (non-hydrogen) atoms. The van der Waals surface area contributed by atoms with E-state index >= 15 is 0 Å². The van der Waals surface area contributed by atoms with Crippen LogP contribution >= 0.6 is 11.6 Å². The number of ether oxygens (including phenoxy) is 1. The van der Waals surface area contributed by atoms with Crippen LogP contribution in [0.3, 0.4) is 0 Å². The normalized spacial score (nSPS) is 11.2. The number of alkyl halides is 3. The fourth-order valence-electron chi connectivity index (χ4n) is 3.43.